The largest absolute Gasteiger partial charge is 0.472 e. The number of hydrogen-bond donors (Lipinski definition) is 2. The predicted octanol–water partition coefficient (Wildman–Crippen LogP) is 8.32. The summed E-state index contributed by atoms with van der Waals surface area (Å²) in [6, 6.07) is 0. The van der Waals surface area contributed by atoms with Crippen molar-refractivity contribution in [2.75, 3.05) is 26.4 Å². The summed E-state index contributed by atoms with van der Waals surface area (Å²) in [6.07, 6.45) is 25.3. The first kappa shape index (κ1) is 40.8. The third-order valence-corrected chi connectivity index (χ3v) is 7.89. The lowest BCUT2D eigenvalue weighted by Crippen LogP contribution is -2.29. The van der Waals surface area contributed by atoms with Crippen LogP contribution in [0.25, 0.3) is 0 Å². The van der Waals surface area contributed by atoms with Crippen molar-refractivity contribution in [2.45, 2.75) is 155 Å². The van der Waals surface area contributed by atoms with Crippen molar-refractivity contribution < 1.29 is 37.6 Å². The number of carbonyl (C=O) groups excluding carboxylic acids is 2. The van der Waals surface area contributed by atoms with Crippen LogP contribution < -0.4 is 5.73 Å². The zero-order chi connectivity index (χ0) is 31.2. The Morgan fingerprint density at radius 1 is 0.690 bits per heavy atom. The molecule has 42 heavy (non-hydrogen) atoms. The average Bonchev–Trinajstić information content (AvgIpc) is 2.97. The summed E-state index contributed by atoms with van der Waals surface area (Å²) in [5.74, 6) is -0.842. The molecule has 0 saturated carbocycles. The van der Waals surface area contributed by atoms with Gasteiger partial charge in [0.1, 0.15) is 6.61 Å². The van der Waals surface area contributed by atoms with Crippen molar-refractivity contribution in [3.63, 3.8) is 0 Å². The smallest absolute Gasteiger partial charge is 0.462 e. The quantitative estimate of drug-likeness (QED) is 0.0340. The third-order valence-electron chi connectivity index (χ3n) is 6.90. The number of carbonyl (C=O) groups is 2. The summed E-state index contributed by atoms with van der Waals surface area (Å²) < 4.78 is 32.4. The van der Waals surface area contributed by atoms with Crippen LogP contribution in [0.1, 0.15) is 149 Å². The number of ether oxygens (including phenoxy) is 2. The van der Waals surface area contributed by atoms with Crippen molar-refractivity contribution in [1.29, 1.82) is 0 Å². The lowest BCUT2D eigenvalue weighted by Gasteiger charge is -2.19. The van der Waals surface area contributed by atoms with E-state index in [1.54, 1.807) is 0 Å². The van der Waals surface area contributed by atoms with E-state index >= 15 is 0 Å². The standard InChI is InChI=1S/C32H62NO8P/c1-3-5-7-9-11-13-14-15-17-18-20-22-24-31(34)38-28-30(29-40-42(36,37)39-27-26-33)41-32(35)25-23-21-19-16-12-10-8-6-4-2/h11,13,30H,3-10,12,14-29,33H2,1-2H3,(H,36,37)/b13-11-/t30-/m1/s1. The lowest BCUT2D eigenvalue weighted by atomic mass is 10.1. The second-order valence-electron chi connectivity index (χ2n) is 11.0. The minimum Gasteiger partial charge on any atom is -0.462 e. The van der Waals surface area contributed by atoms with Crippen molar-refractivity contribution in [1.82, 2.24) is 0 Å². The molecule has 0 rings (SSSR count). The van der Waals surface area contributed by atoms with Gasteiger partial charge < -0.3 is 20.1 Å². The van der Waals surface area contributed by atoms with Gasteiger partial charge in [0, 0.05) is 19.4 Å². The van der Waals surface area contributed by atoms with Crippen LogP contribution >= 0.6 is 7.82 Å². The van der Waals surface area contributed by atoms with Gasteiger partial charge in [0.25, 0.3) is 0 Å². The molecule has 0 amide bonds. The maximum Gasteiger partial charge on any atom is 0.472 e. The highest BCUT2D eigenvalue weighted by Crippen LogP contribution is 2.43. The molecule has 0 aromatic carbocycles. The van der Waals surface area contributed by atoms with Crippen LogP contribution in [0.15, 0.2) is 12.2 Å². The molecule has 0 radical (unpaired) electrons. The number of unbranched alkanes of at least 4 members (excludes halogenated alkanes) is 16. The molecule has 1 unspecified atom stereocenters. The Bertz CT molecular complexity index is 719. The van der Waals surface area contributed by atoms with Crippen molar-refractivity contribution in [2.24, 2.45) is 5.73 Å². The molecular formula is C32H62NO8P. The first-order valence-electron chi connectivity index (χ1n) is 16.7. The van der Waals surface area contributed by atoms with E-state index in [-0.39, 0.29) is 32.6 Å². The van der Waals surface area contributed by atoms with Crippen LogP contribution in [0.2, 0.25) is 0 Å². The van der Waals surface area contributed by atoms with Gasteiger partial charge in [0.15, 0.2) is 6.10 Å². The van der Waals surface area contributed by atoms with E-state index in [1.165, 1.54) is 57.8 Å². The van der Waals surface area contributed by atoms with Crippen LogP contribution in [-0.4, -0.2) is 49.3 Å². The van der Waals surface area contributed by atoms with Gasteiger partial charge in [0.2, 0.25) is 0 Å². The Hall–Kier alpha value is -1.25. The lowest BCUT2D eigenvalue weighted by molar-refractivity contribution is -0.161. The number of nitrogens with two attached hydrogens (primary N) is 1. The summed E-state index contributed by atoms with van der Waals surface area (Å²) in [6.45, 7) is 3.65. The summed E-state index contributed by atoms with van der Waals surface area (Å²) in [4.78, 5) is 34.4. The van der Waals surface area contributed by atoms with E-state index in [0.29, 0.717) is 6.42 Å². The Kier molecular flexibility index (Phi) is 28.9. The molecule has 0 bridgehead atoms. The van der Waals surface area contributed by atoms with E-state index < -0.39 is 32.5 Å². The van der Waals surface area contributed by atoms with Gasteiger partial charge in [0.05, 0.1) is 13.2 Å². The van der Waals surface area contributed by atoms with Crippen molar-refractivity contribution in [3.05, 3.63) is 12.2 Å². The summed E-state index contributed by atoms with van der Waals surface area (Å²) in [7, 11) is -4.36. The highest BCUT2D eigenvalue weighted by molar-refractivity contribution is 7.47. The second-order valence-corrected chi connectivity index (χ2v) is 12.5. The van der Waals surface area contributed by atoms with Gasteiger partial charge in [-0.05, 0) is 38.5 Å². The van der Waals surface area contributed by atoms with Gasteiger partial charge in [-0.2, -0.15) is 0 Å². The molecular weight excluding hydrogens is 557 g/mol. The van der Waals surface area contributed by atoms with E-state index in [0.717, 1.165) is 57.8 Å². The Morgan fingerprint density at radius 2 is 1.17 bits per heavy atom. The maximum atomic E-state index is 12.4. The van der Waals surface area contributed by atoms with Gasteiger partial charge in [-0.25, -0.2) is 4.57 Å². The summed E-state index contributed by atoms with van der Waals surface area (Å²) in [5.41, 5.74) is 5.30. The molecule has 0 saturated heterocycles. The van der Waals surface area contributed by atoms with E-state index in [1.807, 2.05) is 0 Å². The average molecular weight is 620 g/mol. The van der Waals surface area contributed by atoms with Crippen LogP contribution in [0.3, 0.4) is 0 Å². The highest BCUT2D eigenvalue weighted by atomic mass is 31.2. The van der Waals surface area contributed by atoms with Crippen LogP contribution in [0, 0.1) is 0 Å². The van der Waals surface area contributed by atoms with Crippen LogP contribution in [0.5, 0.6) is 0 Å². The summed E-state index contributed by atoms with van der Waals surface area (Å²) >= 11 is 0. The van der Waals surface area contributed by atoms with E-state index in [2.05, 4.69) is 26.0 Å². The zero-order valence-electron chi connectivity index (χ0n) is 26.7. The SMILES string of the molecule is CCCCC/C=C\CCCCCCCC(=O)OC[C@H](COP(=O)(O)OCCN)OC(=O)CCCCCCCCCCC. The monoisotopic (exact) mass is 619 g/mol. The fourth-order valence-electron chi connectivity index (χ4n) is 4.39. The molecule has 2 atom stereocenters. The van der Waals surface area contributed by atoms with Crippen molar-refractivity contribution >= 4 is 19.8 Å². The number of phosphoric acid groups is 1. The molecule has 248 valence electrons. The Labute approximate surface area is 256 Å². The molecule has 0 aromatic heterocycles. The first-order chi connectivity index (χ1) is 20.3. The number of hydrogen-bond acceptors (Lipinski definition) is 8. The fourth-order valence-corrected chi connectivity index (χ4v) is 5.16. The first-order valence-corrected chi connectivity index (χ1v) is 18.2. The van der Waals surface area contributed by atoms with Crippen LogP contribution in [0.4, 0.5) is 0 Å². The molecule has 0 aromatic rings. The second kappa shape index (κ2) is 29.8. The molecule has 10 heteroatoms. The molecule has 0 aliphatic heterocycles. The maximum absolute atomic E-state index is 12.4. The van der Waals surface area contributed by atoms with E-state index in [4.69, 9.17) is 24.3 Å². The highest BCUT2D eigenvalue weighted by Gasteiger charge is 2.25. The molecule has 0 aliphatic rings. The number of allylic oxidation sites excluding steroid dienone is 2. The van der Waals surface area contributed by atoms with Gasteiger partial charge in [-0.15, -0.1) is 0 Å². The van der Waals surface area contributed by atoms with Gasteiger partial charge >= 0.3 is 19.8 Å². The summed E-state index contributed by atoms with van der Waals surface area (Å²) in [5, 5.41) is 0. The number of rotatable bonds is 31. The molecule has 3 N–H and O–H groups in total. The van der Waals surface area contributed by atoms with Gasteiger partial charge in [-0.1, -0.05) is 109 Å². The normalized spacial score (nSPS) is 13.7. The third kappa shape index (κ3) is 28.9. The molecule has 0 fully saturated rings. The zero-order valence-corrected chi connectivity index (χ0v) is 27.6. The Balaban J connectivity index is 4.29. The number of esters is 2. The molecule has 0 aliphatic carbocycles. The topological polar surface area (TPSA) is 134 Å². The van der Waals surface area contributed by atoms with Crippen LogP contribution in [-0.2, 0) is 32.7 Å². The molecule has 0 heterocycles. The molecule has 9 nitrogen and oxygen atoms in total. The minimum atomic E-state index is -4.36. The predicted molar refractivity (Wildman–Crippen MR) is 169 cm³/mol. The number of phosphoric ester groups is 1. The molecule has 0 spiro atoms. The fraction of sp³-hybridized carbons (Fsp3) is 0.875. The van der Waals surface area contributed by atoms with Crippen molar-refractivity contribution in [3.8, 4) is 0 Å². The minimum absolute atomic E-state index is 0.0544. The van der Waals surface area contributed by atoms with E-state index in [9.17, 15) is 19.0 Å². The van der Waals surface area contributed by atoms with Gasteiger partial charge in [-0.3, -0.25) is 18.6 Å². The Morgan fingerprint density at radius 3 is 1.74 bits per heavy atom.